The van der Waals surface area contributed by atoms with Gasteiger partial charge in [0.1, 0.15) is 0 Å². The number of ketones is 1. The first-order chi connectivity index (χ1) is 6.56. The van der Waals surface area contributed by atoms with Crippen LogP contribution in [0.25, 0.3) is 0 Å². The van der Waals surface area contributed by atoms with E-state index in [0.29, 0.717) is 12.3 Å². The number of hydrogen-bond donors (Lipinski definition) is 0. The maximum atomic E-state index is 11.3. The van der Waals surface area contributed by atoms with Crippen molar-refractivity contribution in [3.63, 3.8) is 0 Å². The molecule has 0 aromatic carbocycles. The predicted molar refractivity (Wildman–Crippen MR) is 60.1 cm³/mol. The summed E-state index contributed by atoms with van der Waals surface area (Å²) < 4.78 is 0. The lowest BCUT2D eigenvalue weighted by atomic mass is 9.70. The Bertz CT molecular complexity index is 248. The van der Waals surface area contributed by atoms with E-state index in [1.54, 1.807) is 6.08 Å². The smallest absolute Gasteiger partial charge is 0.155 e. The van der Waals surface area contributed by atoms with Crippen LogP contribution in [0.15, 0.2) is 24.8 Å². The first kappa shape index (κ1) is 11.2. The lowest BCUT2D eigenvalue weighted by molar-refractivity contribution is -0.117. The second kappa shape index (κ2) is 4.59. The van der Waals surface area contributed by atoms with Crippen molar-refractivity contribution in [2.75, 3.05) is 0 Å². The molecule has 78 valence electrons. The van der Waals surface area contributed by atoms with E-state index in [0.717, 1.165) is 6.42 Å². The molecule has 0 saturated carbocycles. The molecule has 1 aliphatic carbocycles. The van der Waals surface area contributed by atoms with Crippen molar-refractivity contribution < 1.29 is 4.79 Å². The Hall–Kier alpha value is -0.850. The fraction of sp³-hybridized carbons (Fsp3) is 0.615. The van der Waals surface area contributed by atoms with Crippen LogP contribution >= 0.6 is 0 Å². The summed E-state index contributed by atoms with van der Waals surface area (Å²) in [6, 6.07) is 0. The number of rotatable bonds is 4. The number of unbranched alkanes of at least 4 members (excludes halogenated alkanes) is 1. The second-order valence-corrected chi connectivity index (χ2v) is 4.82. The maximum Gasteiger partial charge on any atom is 0.155 e. The van der Waals surface area contributed by atoms with Crippen LogP contribution in [0.5, 0.6) is 0 Å². The third kappa shape index (κ3) is 2.83. The van der Waals surface area contributed by atoms with Crippen LogP contribution in [0.2, 0.25) is 0 Å². The van der Waals surface area contributed by atoms with Crippen molar-refractivity contribution in [1.29, 1.82) is 0 Å². The summed E-state index contributed by atoms with van der Waals surface area (Å²) in [7, 11) is 0. The average Bonchev–Trinajstić information content (AvgIpc) is 2.08. The Kier molecular flexibility index (Phi) is 3.68. The fourth-order valence-electron chi connectivity index (χ4n) is 2.09. The van der Waals surface area contributed by atoms with E-state index in [1.807, 2.05) is 6.08 Å². The summed E-state index contributed by atoms with van der Waals surface area (Å²) >= 11 is 0. The molecule has 0 saturated heterocycles. The normalized spacial score (nSPS) is 25.0. The molecule has 1 heteroatoms. The summed E-state index contributed by atoms with van der Waals surface area (Å²) in [5.74, 6) is 0.829. The van der Waals surface area contributed by atoms with Gasteiger partial charge < -0.3 is 0 Å². The van der Waals surface area contributed by atoms with Crippen LogP contribution in [0.3, 0.4) is 0 Å². The minimum atomic E-state index is 0.146. The maximum absolute atomic E-state index is 11.3. The lowest BCUT2D eigenvalue weighted by Crippen LogP contribution is -2.28. The molecule has 1 atom stereocenters. The Morgan fingerprint density at radius 2 is 2.36 bits per heavy atom. The number of carbonyl (C=O) groups is 1. The van der Waals surface area contributed by atoms with Crippen LogP contribution < -0.4 is 0 Å². The van der Waals surface area contributed by atoms with Crippen molar-refractivity contribution in [2.24, 2.45) is 11.3 Å². The zero-order valence-electron chi connectivity index (χ0n) is 9.25. The molecule has 1 rings (SSSR count). The molecule has 14 heavy (non-hydrogen) atoms. The van der Waals surface area contributed by atoms with E-state index < -0.39 is 0 Å². The van der Waals surface area contributed by atoms with Crippen molar-refractivity contribution in [3.05, 3.63) is 24.8 Å². The quantitative estimate of drug-likeness (QED) is 0.492. The molecule has 0 aliphatic heterocycles. The highest BCUT2D eigenvalue weighted by Gasteiger charge is 2.31. The molecule has 0 N–H and O–H groups in total. The van der Waals surface area contributed by atoms with Crippen molar-refractivity contribution in [2.45, 2.75) is 39.5 Å². The van der Waals surface area contributed by atoms with Crippen LogP contribution in [0, 0.1) is 11.3 Å². The topological polar surface area (TPSA) is 17.1 Å². The molecular weight excluding hydrogens is 172 g/mol. The Labute approximate surface area is 86.9 Å². The third-order valence-electron chi connectivity index (χ3n) is 3.07. The van der Waals surface area contributed by atoms with Gasteiger partial charge >= 0.3 is 0 Å². The molecule has 0 bridgehead atoms. The number of hydrogen-bond acceptors (Lipinski definition) is 1. The third-order valence-corrected chi connectivity index (χ3v) is 3.07. The standard InChI is InChI=1S/C13H20O/c1-4-5-6-7-11-8-9-12(14)10-13(11,2)3/h4,8-9,11H,1,5-7,10H2,2-3H3. The minimum absolute atomic E-state index is 0.146. The minimum Gasteiger partial charge on any atom is -0.295 e. The first-order valence-corrected chi connectivity index (χ1v) is 5.38. The first-order valence-electron chi connectivity index (χ1n) is 5.38. The molecular formula is C13H20O. The van der Waals surface area contributed by atoms with Gasteiger partial charge in [0, 0.05) is 6.42 Å². The Balaban J connectivity index is 2.54. The van der Waals surface area contributed by atoms with Crippen molar-refractivity contribution in [1.82, 2.24) is 0 Å². The van der Waals surface area contributed by atoms with Crippen LogP contribution in [-0.4, -0.2) is 5.78 Å². The Morgan fingerprint density at radius 1 is 1.64 bits per heavy atom. The number of carbonyl (C=O) groups excluding carboxylic acids is 1. The lowest BCUT2D eigenvalue weighted by Gasteiger charge is -2.34. The average molecular weight is 192 g/mol. The fourth-order valence-corrected chi connectivity index (χ4v) is 2.09. The van der Waals surface area contributed by atoms with Crippen molar-refractivity contribution >= 4 is 5.78 Å². The molecule has 0 heterocycles. The van der Waals surface area contributed by atoms with E-state index in [1.165, 1.54) is 12.8 Å². The van der Waals surface area contributed by atoms with E-state index in [4.69, 9.17) is 0 Å². The van der Waals surface area contributed by atoms with Crippen LogP contribution in [0.1, 0.15) is 39.5 Å². The van der Waals surface area contributed by atoms with Crippen LogP contribution in [-0.2, 0) is 4.79 Å². The van der Waals surface area contributed by atoms with Gasteiger partial charge in [-0.05, 0) is 36.7 Å². The molecule has 1 nitrogen and oxygen atoms in total. The monoisotopic (exact) mass is 192 g/mol. The van der Waals surface area contributed by atoms with Gasteiger partial charge in [0.25, 0.3) is 0 Å². The summed E-state index contributed by atoms with van der Waals surface area (Å²) in [5.41, 5.74) is 0.146. The zero-order chi connectivity index (χ0) is 10.6. The van der Waals surface area contributed by atoms with Gasteiger partial charge in [0.2, 0.25) is 0 Å². The molecule has 0 fully saturated rings. The van der Waals surface area contributed by atoms with Gasteiger partial charge in [0.15, 0.2) is 5.78 Å². The predicted octanol–water partition coefficient (Wildman–Crippen LogP) is 3.51. The van der Waals surface area contributed by atoms with Gasteiger partial charge in [-0.25, -0.2) is 0 Å². The van der Waals surface area contributed by atoms with E-state index in [9.17, 15) is 4.79 Å². The highest BCUT2D eigenvalue weighted by atomic mass is 16.1. The number of allylic oxidation sites excluding steroid dienone is 3. The summed E-state index contributed by atoms with van der Waals surface area (Å²) in [6.45, 7) is 8.09. The molecule has 0 radical (unpaired) electrons. The zero-order valence-corrected chi connectivity index (χ0v) is 9.25. The molecule has 1 aliphatic rings. The molecule has 0 amide bonds. The van der Waals surface area contributed by atoms with E-state index >= 15 is 0 Å². The molecule has 0 aromatic rings. The summed E-state index contributed by atoms with van der Waals surface area (Å²) in [5, 5.41) is 0. The molecule has 0 spiro atoms. The Morgan fingerprint density at radius 3 is 2.93 bits per heavy atom. The molecule has 1 unspecified atom stereocenters. The van der Waals surface area contributed by atoms with Crippen LogP contribution in [0.4, 0.5) is 0 Å². The van der Waals surface area contributed by atoms with E-state index in [-0.39, 0.29) is 11.2 Å². The summed E-state index contributed by atoms with van der Waals surface area (Å²) in [4.78, 5) is 11.3. The SMILES string of the molecule is C=CCCCC1C=CC(=O)CC1(C)C. The summed E-state index contributed by atoms with van der Waals surface area (Å²) in [6.07, 6.45) is 9.93. The van der Waals surface area contributed by atoms with Gasteiger partial charge in [-0.15, -0.1) is 6.58 Å². The highest BCUT2D eigenvalue weighted by Crippen LogP contribution is 2.38. The van der Waals surface area contributed by atoms with E-state index in [2.05, 4.69) is 26.5 Å². The highest BCUT2D eigenvalue weighted by molar-refractivity contribution is 5.91. The van der Waals surface area contributed by atoms with Gasteiger partial charge in [-0.1, -0.05) is 26.0 Å². The largest absolute Gasteiger partial charge is 0.295 e. The second-order valence-electron chi connectivity index (χ2n) is 4.82. The van der Waals surface area contributed by atoms with Gasteiger partial charge in [-0.3, -0.25) is 4.79 Å². The molecule has 0 aromatic heterocycles. The van der Waals surface area contributed by atoms with Gasteiger partial charge in [0.05, 0.1) is 0 Å². The van der Waals surface area contributed by atoms with Gasteiger partial charge in [-0.2, -0.15) is 0 Å². The van der Waals surface area contributed by atoms with Crippen molar-refractivity contribution in [3.8, 4) is 0 Å².